The molecule has 0 radical (unpaired) electrons. The van der Waals surface area contributed by atoms with Gasteiger partial charge in [-0.2, -0.15) is 0 Å². The number of allylic oxidation sites excluding steroid dienone is 1. The molecule has 3 nitrogen and oxygen atoms in total. The Labute approximate surface area is 175 Å². The first-order chi connectivity index (χ1) is 12.5. The molecule has 4 atom stereocenters. The zero-order valence-electron chi connectivity index (χ0n) is 20.0. The third-order valence-corrected chi connectivity index (χ3v) is 15.9. The van der Waals surface area contributed by atoms with Crippen LogP contribution in [0.1, 0.15) is 54.9 Å². The van der Waals surface area contributed by atoms with E-state index in [2.05, 4.69) is 80.0 Å². The summed E-state index contributed by atoms with van der Waals surface area (Å²) in [6.07, 6.45) is 3.14. The quantitative estimate of drug-likeness (QED) is 0.216. The summed E-state index contributed by atoms with van der Waals surface area (Å²) < 4.78 is 19.7. The minimum absolute atomic E-state index is 0.0132. The fourth-order valence-electron chi connectivity index (χ4n) is 2.98. The summed E-state index contributed by atoms with van der Waals surface area (Å²) in [5.74, 6) is 0. The van der Waals surface area contributed by atoms with E-state index in [1.54, 1.807) is 0 Å². The molecule has 1 aliphatic heterocycles. The van der Waals surface area contributed by atoms with E-state index in [1.807, 2.05) is 13.0 Å². The van der Waals surface area contributed by atoms with Gasteiger partial charge < -0.3 is 13.6 Å². The highest BCUT2D eigenvalue weighted by atomic mass is 28.4. The summed E-state index contributed by atoms with van der Waals surface area (Å²) in [7, 11) is -3.78. The van der Waals surface area contributed by atoms with E-state index in [4.69, 9.17) is 13.6 Å². The van der Waals surface area contributed by atoms with E-state index >= 15 is 0 Å². The fraction of sp³-hybridized carbons (Fsp3) is 0.783. The second kappa shape index (κ2) is 7.68. The van der Waals surface area contributed by atoms with Crippen LogP contribution >= 0.6 is 0 Å². The lowest BCUT2D eigenvalue weighted by Crippen LogP contribution is -2.51. The van der Waals surface area contributed by atoms with Crippen molar-refractivity contribution in [2.75, 3.05) is 0 Å². The maximum atomic E-state index is 6.81. The van der Waals surface area contributed by atoms with E-state index in [9.17, 15) is 0 Å². The molecule has 0 aromatic carbocycles. The van der Waals surface area contributed by atoms with Crippen LogP contribution in [0.4, 0.5) is 0 Å². The van der Waals surface area contributed by atoms with Gasteiger partial charge >= 0.3 is 0 Å². The predicted molar refractivity (Wildman–Crippen MR) is 124 cm³/mol. The van der Waals surface area contributed by atoms with Crippen LogP contribution in [0.5, 0.6) is 0 Å². The van der Waals surface area contributed by atoms with Crippen LogP contribution in [-0.4, -0.2) is 41.1 Å². The number of fused-ring (bicyclic) bond motifs is 1. The Balaban J connectivity index is 2.30. The Bertz CT molecular complexity index is 673. The summed E-state index contributed by atoms with van der Waals surface area (Å²) in [6, 6.07) is 0. The average Bonchev–Trinajstić information content (AvgIpc) is 3.26. The summed E-state index contributed by atoms with van der Waals surface area (Å²) >= 11 is 0. The van der Waals surface area contributed by atoms with E-state index in [0.717, 1.165) is 12.0 Å². The number of ether oxygens (including phenoxy) is 1. The van der Waals surface area contributed by atoms with Crippen molar-refractivity contribution in [2.24, 2.45) is 0 Å². The highest BCUT2D eigenvalue weighted by Crippen LogP contribution is 2.48. The normalized spacial score (nSPS) is 28.5. The van der Waals surface area contributed by atoms with Gasteiger partial charge in [0.15, 0.2) is 16.6 Å². The van der Waals surface area contributed by atoms with Crippen LogP contribution in [0.3, 0.4) is 0 Å². The topological polar surface area (TPSA) is 31.0 Å². The largest absolute Gasteiger partial charge is 0.411 e. The molecule has 0 aromatic heterocycles. The number of epoxide rings is 1. The molecule has 0 amide bonds. The van der Waals surface area contributed by atoms with Gasteiger partial charge in [-0.05, 0) is 49.3 Å². The van der Waals surface area contributed by atoms with Crippen LogP contribution in [0.2, 0.25) is 36.3 Å². The zero-order chi connectivity index (χ0) is 21.7. The van der Waals surface area contributed by atoms with Gasteiger partial charge in [0.1, 0.15) is 18.3 Å². The van der Waals surface area contributed by atoms with Crippen LogP contribution in [0.25, 0.3) is 0 Å². The van der Waals surface area contributed by atoms with Crippen molar-refractivity contribution >= 4 is 16.6 Å². The Hall–Kier alpha value is -0.426. The molecule has 0 N–H and O–H groups in total. The minimum atomic E-state index is -1.91. The van der Waals surface area contributed by atoms with Crippen LogP contribution in [0, 0.1) is 0 Å². The molecule has 0 aromatic rings. The molecule has 0 bridgehead atoms. The average molecular weight is 423 g/mol. The molecule has 2 fully saturated rings. The number of hydrogen-bond acceptors (Lipinski definition) is 3. The van der Waals surface area contributed by atoms with Gasteiger partial charge in [0, 0.05) is 12.0 Å². The number of hydrogen-bond donors (Lipinski definition) is 0. The minimum Gasteiger partial charge on any atom is -0.411 e. The van der Waals surface area contributed by atoms with Crippen LogP contribution < -0.4 is 0 Å². The van der Waals surface area contributed by atoms with E-state index in [0.29, 0.717) is 0 Å². The predicted octanol–water partition coefficient (Wildman–Crippen LogP) is 6.60. The molecule has 1 aliphatic carbocycles. The second-order valence-electron chi connectivity index (χ2n) is 11.6. The zero-order valence-corrected chi connectivity index (χ0v) is 22.0. The maximum absolute atomic E-state index is 6.81. The van der Waals surface area contributed by atoms with E-state index < -0.39 is 16.6 Å². The molecule has 0 unspecified atom stereocenters. The van der Waals surface area contributed by atoms with Crippen LogP contribution in [-0.2, 0) is 13.6 Å². The van der Waals surface area contributed by atoms with Gasteiger partial charge in [-0.3, -0.25) is 0 Å². The Morgan fingerprint density at radius 2 is 1.50 bits per heavy atom. The lowest BCUT2D eigenvalue weighted by Gasteiger charge is -2.43. The van der Waals surface area contributed by atoms with E-state index in [-0.39, 0.29) is 34.5 Å². The van der Waals surface area contributed by atoms with Gasteiger partial charge in [-0.15, -0.1) is 5.73 Å². The molecule has 1 heterocycles. The van der Waals surface area contributed by atoms with Crippen molar-refractivity contribution in [1.82, 2.24) is 0 Å². The third kappa shape index (κ3) is 5.19. The Morgan fingerprint density at radius 3 is 1.96 bits per heavy atom. The van der Waals surface area contributed by atoms with Crippen LogP contribution in [0.15, 0.2) is 29.5 Å². The first-order valence-electron chi connectivity index (χ1n) is 10.6. The molecular weight excluding hydrogens is 380 g/mol. The highest BCUT2D eigenvalue weighted by molar-refractivity contribution is 6.74. The standard InChI is InChI=1S/C23H42O3Si2/c1-16(2)13-14-17-15-18(25-27(9,10)22(3,4)5)20-21(24-20)19(17)26-28(11,12)23(6,7)8/h13,18-21H,1,15H2,2-12H3/t14?,18-,19+,20+,21-/m1/s1. The molecule has 0 spiro atoms. The van der Waals surface area contributed by atoms with E-state index in [1.165, 1.54) is 5.57 Å². The number of rotatable bonds is 5. The first kappa shape index (κ1) is 23.8. The lowest BCUT2D eigenvalue weighted by atomic mass is 9.90. The molecular formula is C23H42O3Si2. The summed E-state index contributed by atoms with van der Waals surface area (Å²) in [5, 5.41) is 0.346. The molecule has 1 saturated carbocycles. The summed E-state index contributed by atoms with van der Waals surface area (Å²) in [6.45, 7) is 28.9. The van der Waals surface area contributed by atoms with Gasteiger partial charge in [-0.25, -0.2) is 0 Å². The van der Waals surface area contributed by atoms with Crippen molar-refractivity contribution in [3.8, 4) is 0 Å². The fourth-order valence-corrected chi connectivity index (χ4v) is 5.57. The van der Waals surface area contributed by atoms with Crippen molar-refractivity contribution in [2.45, 2.75) is 116 Å². The SMILES string of the molecule is C=C(C)C=C=C1C[C@@H](O[Si](C)(C)C(C)(C)C)[C@@H]2O[C@@H]2[C@H]1O[Si](C)(C)C(C)(C)C. The smallest absolute Gasteiger partial charge is 0.193 e. The highest BCUT2D eigenvalue weighted by Gasteiger charge is 2.59. The molecule has 28 heavy (non-hydrogen) atoms. The molecule has 5 heteroatoms. The van der Waals surface area contributed by atoms with Gasteiger partial charge in [-0.1, -0.05) is 53.7 Å². The molecule has 2 rings (SSSR count). The molecule has 1 saturated heterocycles. The monoisotopic (exact) mass is 422 g/mol. The molecule has 160 valence electrons. The lowest BCUT2D eigenvalue weighted by molar-refractivity contribution is 0.126. The maximum Gasteiger partial charge on any atom is 0.193 e. The molecule has 2 aliphatic rings. The van der Waals surface area contributed by atoms with Crippen molar-refractivity contribution in [1.29, 1.82) is 0 Å². The van der Waals surface area contributed by atoms with Gasteiger partial charge in [0.05, 0.1) is 6.10 Å². The first-order valence-corrected chi connectivity index (χ1v) is 16.4. The van der Waals surface area contributed by atoms with Crippen molar-refractivity contribution in [3.05, 3.63) is 29.5 Å². The second-order valence-corrected chi connectivity index (χ2v) is 21.2. The van der Waals surface area contributed by atoms with Crippen molar-refractivity contribution in [3.63, 3.8) is 0 Å². The van der Waals surface area contributed by atoms with Gasteiger partial charge in [0.25, 0.3) is 0 Å². The van der Waals surface area contributed by atoms with Gasteiger partial charge in [0.2, 0.25) is 0 Å². The van der Waals surface area contributed by atoms with Crippen molar-refractivity contribution < 1.29 is 13.6 Å². The summed E-state index contributed by atoms with van der Waals surface area (Å²) in [5.41, 5.74) is 5.68. The Morgan fingerprint density at radius 1 is 1.00 bits per heavy atom. The Kier molecular flexibility index (Phi) is 6.54. The third-order valence-electron chi connectivity index (χ3n) is 6.97. The summed E-state index contributed by atoms with van der Waals surface area (Å²) in [4.78, 5) is 0.